The zero-order valence-corrected chi connectivity index (χ0v) is 12.9. The lowest BCUT2D eigenvalue weighted by Gasteiger charge is -2.51. The van der Waals surface area contributed by atoms with Crippen molar-refractivity contribution in [2.24, 2.45) is 11.3 Å². The van der Waals surface area contributed by atoms with Gasteiger partial charge in [0.05, 0.1) is 6.10 Å². The van der Waals surface area contributed by atoms with Gasteiger partial charge in [-0.15, -0.1) is 0 Å². The van der Waals surface area contributed by atoms with Gasteiger partial charge in [-0.3, -0.25) is 0 Å². The molecule has 0 aliphatic heterocycles. The van der Waals surface area contributed by atoms with Crippen LogP contribution in [0.5, 0.6) is 0 Å². The molecule has 6 heteroatoms. The van der Waals surface area contributed by atoms with Crippen molar-refractivity contribution in [2.75, 3.05) is 17.9 Å². The summed E-state index contributed by atoms with van der Waals surface area (Å²) in [5.41, 5.74) is 3.76. The van der Waals surface area contributed by atoms with E-state index in [9.17, 15) is 0 Å². The fourth-order valence-electron chi connectivity index (χ4n) is 2.87. The minimum Gasteiger partial charge on any atom is -0.381 e. The smallest absolute Gasteiger partial charge is 0.148 e. The number of nitrogen functional groups attached to an aromatic ring is 1. The van der Waals surface area contributed by atoms with Gasteiger partial charge >= 0.3 is 0 Å². The SMILES string of the molecule is COC1CC(Nc2ncnc(NN)c2C(C)C)C1(C)C. The van der Waals surface area contributed by atoms with Gasteiger partial charge in [-0.05, 0) is 12.3 Å². The van der Waals surface area contributed by atoms with Crippen LogP contribution in [0.2, 0.25) is 0 Å². The van der Waals surface area contributed by atoms with Crippen LogP contribution in [-0.2, 0) is 4.74 Å². The summed E-state index contributed by atoms with van der Waals surface area (Å²) in [4.78, 5) is 8.57. The average molecular weight is 279 g/mol. The van der Waals surface area contributed by atoms with E-state index in [0.717, 1.165) is 17.8 Å². The maximum absolute atomic E-state index is 5.54. The predicted octanol–water partition coefficient (Wildman–Crippen LogP) is 2.11. The molecule has 6 nitrogen and oxygen atoms in total. The summed E-state index contributed by atoms with van der Waals surface area (Å²) in [7, 11) is 1.77. The van der Waals surface area contributed by atoms with Gasteiger partial charge in [0.1, 0.15) is 18.0 Å². The summed E-state index contributed by atoms with van der Waals surface area (Å²) >= 11 is 0. The number of methoxy groups -OCH3 is 1. The minimum atomic E-state index is 0.0876. The molecule has 1 fully saturated rings. The van der Waals surface area contributed by atoms with Gasteiger partial charge in [0.15, 0.2) is 0 Å². The number of rotatable bonds is 5. The van der Waals surface area contributed by atoms with E-state index in [1.807, 2.05) is 0 Å². The Labute approximate surface area is 120 Å². The van der Waals surface area contributed by atoms with Crippen molar-refractivity contribution in [1.29, 1.82) is 0 Å². The third-order valence-electron chi connectivity index (χ3n) is 4.37. The van der Waals surface area contributed by atoms with Gasteiger partial charge in [0, 0.05) is 24.1 Å². The molecule has 0 aromatic carbocycles. The zero-order chi connectivity index (χ0) is 14.9. The highest BCUT2D eigenvalue weighted by molar-refractivity contribution is 5.59. The second-order valence-corrected chi connectivity index (χ2v) is 6.26. The number of hydrogen-bond acceptors (Lipinski definition) is 6. The summed E-state index contributed by atoms with van der Waals surface area (Å²) in [6.07, 6.45) is 2.80. The van der Waals surface area contributed by atoms with E-state index in [0.29, 0.717) is 11.9 Å². The first kappa shape index (κ1) is 15.0. The molecular weight excluding hydrogens is 254 g/mol. The van der Waals surface area contributed by atoms with Gasteiger partial charge in [-0.1, -0.05) is 27.7 Å². The number of aromatic nitrogens is 2. The van der Waals surface area contributed by atoms with Gasteiger partial charge in [-0.25, -0.2) is 15.8 Å². The monoisotopic (exact) mass is 279 g/mol. The second-order valence-electron chi connectivity index (χ2n) is 6.26. The van der Waals surface area contributed by atoms with Gasteiger partial charge in [0.25, 0.3) is 0 Å². The Kier molecular flexibility index (Phi) is 4.15. The molecule has 1 aliphatic carbocycles. The first-order valence-corrected chi connectivity index (χ1v) is 7.02. The number of hydrogen-bond donors (Lipinski definition) is 3. The Bertz CT molecular complexity index is 475. The number of nitrogens with two attached hydrogens (primary N) is 1. The van der Waals surface area contributed by atoms with Crippen molar-refractivity contribution >= 4 is 11.6 Å². The lowest BCUT2D eigenvalue weighted by molar-refractivity contribution is -0.0795. The van der Waals surface area contributed by atoms with Crippen LogP contribution in [0.4, 0.5) is 11.6 Å². The van der Waals surface area contributed by atoms with Crippen molar-refractivity contribution in [2.45, 2.75) is 52.2 Å². The Hall–Kier alpha value is -1.40. The molecule has 1 saturated carbocycles. The molecule has 2 rings (SSSR count). The van der Waals surface area contributed by atoms with Crippen LogP contribution in [0.3, 0.4) is 0 Å². The molecule has 20 heavy (non-hydrogen) atoms. The number of anilines is 2. The fourth-order valence-corrected chi connectivity index (χ4v) is 2.87. The van der Waals surface area contributed by atoms with Gasteiger partial charge in [0.2, 0.25) is 0 Å². The molecule has 2 unspecified atom stereocenters. The van der Waals surface area contributed by atoms with Crippen LogP contribution in [0, 0.1) is 5.41 Å². The van der Waals surface area contributed by atoms with Crippen molar-refractivity contribution in [3.8, 4) is 0 Å². The molecule has 2 atom stereocenters. The largest absolute Gasteiger partial charge is 0.381 e. The molecule has 0 saturated heterocycles. The maximum atomic E-state index is 5.54. The van der Waals surface area contributed by atoms with E-state index in [2.05, 4.69) is 48.4 Å². The molecule has 0 bridgehead atoms. The van der Waals surface area contributed by atoms with E-state index < -0.39 is 0 Å². The molecule has 112 valence electrons. The number of nitrogens with one attached hydrogen (secondary N) is 2. The van der Waals surface area contributed by atoms with Crippen LogP contribution < -0.4 is 16.6 Å². The predicted molar refractivity (Wildman–Crippen MR) is 80.5 cm³/mol. The third kappa shape index (κ3) is 2.45. The molecule has 0 amide bonds. The lowest BCUT2D eigenvalue weighted by atomic mass is 9.64. The Morgan fingerprint density at radius 2 is 2.00 bits per heavy atom. The van der Waals surface area contributed by atoms with Crippen LogP contribution in [0.25, 0.3) is 0 Å². The minimum absolute atomic E-state index is 0.0876. The lowest BCUT2D eigenvalue weighted by Crippen LogP contribution is -2.57. The maximum Gasteiger partial charge on any atom is 0.148 e. The number of hydrazine groups is 1. The van der Waals surface area contributed by atoms with Crippen molar-refractivity contribution < 1.29 is 4.74 Å². The summed E-state index contributed by atoms with van der Waals surface area (Å²) in [5.74, 6) is 7.36. The van der Waals surface area contributed by atoms with E-state index in [4.69, 9.17) is 10.6 Å². The van der Waals surface area contributed by atoms with E-state index in [1.54, 1.807) is 7.11 Å². The normalized spacial score (nSPS) is 24.4. The van der Waals surface area contributed by atoms with Crippen LogP contribution >= 0.6 is 0 Å². The Balaban J connectivity index is 2.23. The van der Waals surface area contributed by atoms with Gasteiger partial charge < -0.3 is 15.5 Å². The van der Waals surface area contributed by atoms with E-state index >= 15 is 0 Å². The standard InChI is InChI=1S/C14H25N5O/c1-8(2)11-12(16-7-17-13(11)19-15)18-9-6-10(20-5)14(9,3)4/h7-10H,6,15H2,1-5H3,(H2,16,17,18,19). The zero-order valence-electron chi connectivity index (χ0n) is 12.9. The first-order chi connectivity index (χ1) is 9.41. The number of nitrogens with zero attached hydrogens (tertiary/aromatic N) is 2. The summed E-state index contributed by atoms with van der Waals surface area (Å²) in [6.45, 7) is 8.63. The molecule has 0 radical (unpaired) electrons. The van der Waals surface area contributed by atoms with Crippen molar-refractivity contribution in [1.82, 2.24) is 9.97 Å². The summed E-state index contributed by atoms with van der Waals surface area (Å²) in [5, 5.41) is 3.53. The molecule has 0 spiro atoms. The van der Waals surface area contributed by atoms with Gasteiger partial charge in [-0.2, -0.15) is 0 Å². The topological polar surface area (TPSA) is 85.1 Å². The van der Waals surface area contributed by atoms with Crippen molar-refractivity contribution in [3.05, 3.63) is 11.9 Å². The quantitative estimate of drug-likeness (QED) is 0.565. The first-order valence-electron chi connectivity index (χ1n) is 7.02. The highest BCUT2D eigenvalue weighted by Crippen LogP contribution is 2.44. The molecule has 1 aliphatic rings. The highest BCUT2D eigenvalue weighted by Gasteiger charge is 2.48. The van der Waals surface area contributed by atoms with Crippen LogP contribution in [-0.4, -0.2) is 29.2 Å². The Morgan fingerprint density at radius 1 is 1.35 bits per heavy atom. The van der Waals surface area contributed by atoms with Crippen LogP contribution in [0.1, 0.15) is 45.6 Å². The molecule has 4 N–H and O–H groups in total. The fraction of sp³-hybridized carbons (Fsp3) is 0.714. The van der Waals surface area contributed by atoms with Crippen LogP contribution in [0.15, 0.2) is 6.33 Å². The van der Waals surface area contributed by atoms with Crippen molar-refractivity contribution in [3.63, 3.8) is 0 Å². The molecule has 1 aromatic heterocycles. The Morgan fingerprint density at radius 3 is 2.50 bits per heavy atom. The molecule has 1 aromatic rings. The molecule has 1 heterocycles. The van der Waals surface area contributed by atoms with E-state index in [-0.39, 0.29) is 17.4 Å². The summed E-state index contributed by atoms with van der Waals surface area (Å²) in [6, 6.07) is 0.338. The summed E-state index contributed by atoms with van der Waals surface area (Å²) < 4.78 is 5.49. The molecular formula is C14H25N5O. The number of ether oxygens (including phenoxy) is 1. The second kappa shape index (κ2) is 5.54. The highest BCUT2D eigenvalue weighted by atomic mass is 16.5. The average Bonchev–Trinajstić information content (AvgIpc) is 2.42. The van der Waals surface area contributed by atoms with E-state index in [1.165, 1.54) is 6.33 Å². The third-order valence-corrected chi connectivity index (χ3v) is 4.37.